The Balaban J connectivity index is 1.56. The van der Waals surface area contributed by atoms with Crippen molar-refractivity contribution >= 4 is 23.6 Å². The largest absolute Gasteiger partial charge is 0.471 e. The molecule has 1 aliphatic rings. The molecule has 1 atom stereocenters. The van der Waals surface area contributed by atoms with E-state index in [1.54, 1.807) is 41.4 Å². The number of likely N-dealkylation sites (tertiary alicyclic amines) is 1. The van der Waals surface area contributed by atoms with Crippen molar-refractivity contribution in [2.75, 3.05) is 13.1 Å². The Morgan fingerprint density at radius 1 is 1.30 bits per heavy atom. The Bertz CT molecular complexity index is 706. The zero-order valence-corrected chi connectivity index (χ0v) is 13.2. The summed E-state index contributed by atoms with van der Waals surface area (Å²) in [5, 5.41) is 8.29. The van der Waals surface area contributed by atoms with E-state index in [9.17, 15) is 4.79 Å². The minimum Gasteiger partial charge on any atom is -0.471 e. The number of amides is 1. The molecule has 0 radical (unpaired) electrons. The van der Waals surface area contributed by atoms with Crippen LogP contribution in [0.4, 0.5) is 0 Å². The third kappa shape index (κ3) is 4.07. The minimum atomic E-state index is -0.0515. The highest BCUT2D eigenvalue weighted by atomic mass is 35.5. The van der Waals surface area contributed by atoms with E-state index in [-0.39, 0.29) is 12.0 Å². The maximum Gasteiger partial charge on any atom is 0.246 e. The first-order valence-corrected chi connectivity index (χ1v) is 7.76. The van der Waals surface area contributed by atoms with Gasteiger partial charge in [-0.1, -0.05) is 29.8 Å². The van der Waals surface area contributed by atoms with Gasteiger partial charge in [-0.05, 0) is 23.8 Å². The number of rotatable bonds is 4. The number of carbonyl (C=O) groups excluding carboxylic acids is 1. The number of hydrogen-bond acceptors (Lipinski definition) is 4. The summed E-state index contributed by atoms with van der Waals surface area (Å²) in [6, 6.07) is 10.9. The number of benzene rings is 1. The molecule has 1 fully saturated rings. The van der Waals surface area contributed by atoms with Gasteiger partial charge in [0.1, 0.15) is 6.10 Å². The SMILES string of the molecule is O=C(/C=C/c1ccccc1Cl)N1CCC(Oc2cccnn2)C1. The van der Waals surface area contributed by atoms with Crippen LogP contribution >= 0.6 is 11.6 Å². The first-order valence-electron chi connectivity index (χ1n) is 7.38. The molecule has 1 unspecified atom stereocenters. The summed E-state index contributed by atoms with van der Waals surface area (Å²) in [6.07, 6.45) is 5.61. The van der Waals surface area contributed by atoms with Gasteiger partial charge in [-0.15, -0.1) is 5.10 Å². The van der Waals surface area contributed by atoms with Crippen molar-refractivity contribution in [1.29, 1.82) is 0 Å². The quantitative estimate of drug-likeness (QED) is 0.809. The molecule has 1 saturated heterocycles. The number of carbonyl (C=O) groups is 1. The van der Waals surface area contributed by atoms with E-state index in [0.717, 1.165) is 12.0 Å². The summed E-state index contributed by atoms with van der Waals surface area (Å²) in [5.74, 6) is 0.438. The zero-order valence-electron chi connectivity index (χ0n) is 12.4. The van der Waals surface area contributed by atoms with Gasteiger partial charge >= 0.3 is 0 Å². The fourth-order valence-corrected chi connectivity index (χ4v) is 2.62. The lowest BCUT2D eigenvalue weighted by Crippen LogP contribution is -2.29. The molecule has 0 saturated carbocycles. The monoisotopic (exact) mass is 329 g/mol. The maximum atomic E-state index is 12.2. The highest BCUT2D eigenvalue weighted by Gasteiger charge is 2.26. The third-order valence-electron chi connectivity index (χ3n) is 3.60. The molecule has 0 aliphatic carbocycles. The molecular formula is C17H16ClN3O2. The topological polar surface area (TPSA) is 55.3 Å². The van der Waals surface area contributed by atoms with Gasteiger partial charge in [0, 0.05) is 36.3 Å². The van der Waals surface area contributed by atoms with E-state index in [2.05, 4.69) is 10.2 Å². The molecule has 0 spiro atoms. The highest BCUT2D eigenvalue weighted by Crippen LogP contribution is 2.18. The van der Waals surface area contributed by atoms with Gasteiger partial charge in [-0.2, -0.15) is 5.10 Å². The van der Waals surface area contributed by atoms with E-state index in [0.29, 0.717) is 24.0 Å². The summed E-state index contributed by atoms with van der Waals surface area (Å²) in [5.41, 5.74) is 0.828. The summed E-state index contributed by atoms with van der Waals surface area (Å²) in [4.78, 5) is 14.0. The van der Waals surface area contributed by atoms with Crippen molar-refractivity contribution in [3.8, 4) is 5.88 Å². The molecule has 1 aliphatic heterocycles. The molecule has 1 aromatic heterocycles. The van der Waals surface area contributed by atoms with Crippen LogP contribution in [-0.2, 0) is 4.79 Å². The van der Waals surface area contributed by atoms with Crippen LogP contribution in [0.5, 0.6) is 5.88 Å². The van der Waals surface area contributed by atoms with Crippen molar-refractivity contribution in [2.24, 2.45) is 0 Å². The van der Waals surface area contributed by atoms with Crippen molar-refractivity contribution in [3.63, 3.8) is 0 Å². The fraction of sp³-hybridized carbons (Fsp3) is 0.235. The van der Waals surface area contributed by atoms with E-state index in [1.165, 1.54) is 0 Å². The second kappa shape index (κ2) is 7.24. The van der Waals surface area contributed by atoms with Crippen LogP contribution < -0.4 is 4.74 Å². The molecule has 0 N–H and O–H groups in total. The van der Waals surface area contributed by atoms with Crippen molar-refractivity contribution in [1.82, 2.24) is 15.1 Å². The van der Waals surface area contributed by atoms with Crippen LogP contribution in [0.1, 0.15) is 12.0 Å². The van der Waals surface area contributed by atoms with Crippen molar-refractivity contribution in [3.05, 3.63) is 59.3 Å². The van der Waals surface area contributed by atoms with Crippen molar-refractivity contribution in [2.45, 2.75) is 12.5 Å². The van der Waals surface area contributed by atoms with Gasteiger partial charge in [-0.3, -0.25) is 4.79 Å². The maximum absolute atomic E-state index is 12.2. The molecule has 1 amide bonds. The van der Waals surface area contributed by atoms with Gasteiger partial charge in [-0.25, -0.2) is 0 Å². The minimum absolute atomic E-state index is 0.0461. The second-order valence-electron chi connectivity index (χ2n) is 5.23. The molecule has 5 nitrogen and oxygen atoms in total. The first kappa shape index (κ1) is 15.5. The summed E-state index contributed by atoms with van der Waals surface area (Å²) in [7, 11) is 0. The van der Waals surface area contributed by atoms with Crippen LogP contribution in [0.2, 0.25) is 5.02 Å². The summed E-state index contributed by atoms with van der Waals surface area (Å²) in [6.45, 7) is 1.21. The predicted octanol–water partition coefficient (Wildman–Crippen LogP) is 2.82. The Labute approximate surface area is 139 Å². The molecule has 3 rings (SSSR count). The molecule has 118 valence electrons. The smallest absolute Gasteiger partial charge is 0.246 e. The third-order valence-corrected chi connectivity index (χ3v) is 3.95. The van der Waals surface area contributed by atoms with Gasteiger partial charge in [0.25, 0.3) is 0 Å². The summed E-state index contributed by atoms with van der Waals surface area (Å²) >= 11 is 6.07. The normalized spacial score (nSPS) is 17.6. The number of hydrogen-bond donors (Lipinski definition) is 0. The highest BCUT2D eigenvalue weighted by molar-refractivity contribution is 6.32. The van der Waals surface area contributed by atoms with Gasteiger partial charge in [0.05, 0.1) is 6.54 Å². The van der Waals surface area contributed by atoms with E-state index in [1.807, 2.05) is 18.2 Å². The van der Waals surface area contributed by atoms with Crippen LogP contribution in [-0.4, -0.2) is 40.2 Å². The van der Waals surface area contributed by atoms with Gasteiger partial charge in [0.2, 0.25) is 11.8 Å². The van der Waals surface area contributed by atoms with E-state index in [4.69, 9.17) is 16.3 Å². The Kier molecular flexibility index (Phi) is 4.88. The van der Waals surface area contributed by atoms with Crippen LogP contribution in [0.25, 0.3) is 6.08 Å². The molecule has 23 heavy (non-hydrogen) atoms. The van der Waals surface area contributed by atoms with E-state index >= 15 is 0 Å². The molecule has 2 heterocycles. The molecule has 0 bridgehead atoms. The summed E-state index contributed by atoms with van der Waals surface area (Å²) < 4.78 is 5.72. The Hall–Kier alpha value is -2.40. The number of ether oxygens (including phenoxy) is 1. The molecule has 6 heteroatoms. The second-order valence-corrected chi connectivity index (χ2v) is 5.64. The lowest BCUT2D eigenvalue weighted by atomic mass is 10.2. The lowest BCUT2D eigenvalue weighted by molar-refractivity contribution is -0.125. The van der Waals surface area contributed by atoms with E-state index < -0.39 is 0 Å². The number of aromatic nitrogens is 2. The molecule has 1 aromatic carbocycles. The zero-order chi connectivity index (χ0) is 16.1. The first-order chi connectivity index (χ1) is 11.2. The Morgan fingerprint density at radius 2 is 2.17 bits per heavy atom. The van der Waals surface area contributed by atoms with Crippen LogP contribution in [0.15, 0.2) is 48.7 Å². The molecule has 2 aromatic rings. The van der Waals surface area contributed by atoms with Crippen molar-refractivity contribution < 1.29 is 9.53 Å². The van der Waals surface area contributed by atoms with Crippen LogP contribution in [0, 0.1) is 0 Å². The average Bonchev–Trinajstić information content (AvgIpc) is 3.03. The van der Waals surface area contributed by atoms with Gasteiger partial charge < -0.3 is 9.64 Å². The lowest BCUT2D eigenvalue weighted by Gasteiger charge is -2.15. The fourth-order valence-electron chi connectivity index (χ4n) is 2.42. The van der Waals surface area contributed by atoms with Crippen LogP contribution in [0.3, 0.4) is 0 Å². The Morgan fingerprint density at radius 3 is 2.96 bits per heavy atom. The average molecular weight is 330 g/mol. The number of nitrogens with zero attached hydrogens (tertiary/aromatic N) is 3. The van der Waals surface area contributed by atoms with Gasteiger partial charge in [0.15, 0.2) is 0 Å². The standard InChI is InChI=1S/C17H16ClN3O2/c18-15-5-2-1-4-13(15)7-8-17(22)21-11-9-14(12-21)23-16-6-3-10-19-20-16/h1-8,10,14H,9,11-12H2/b8-7+. The predicted molar refractivity (Wildman–Crippen MR) is 88.1 cm³/mol. The number of halogens is 1. The molecular weight excluding hydrogens is 314 g/mol.